The molecule has 2 rings (SSSR count). The molecule has 0 aliphatic rings. The van der Waals surface area contributed by atoms with E-state index in [1.165, 1.54) is 11.9 Å². The van der Waals surface area contributed by atoms with Crippen molar-refractivity contribution in [1.29, 1.82) is 0 Å². The van der Waals surface area contributed by atoms with Gasteiger partial charge in [0.05, 0.1) is 11.1 Å². The summed E-state index contributed by atoms with van der Waals surface area (Å²) in [7, 11) is 1.39. The van der Waals surface area contributed by atoms with E-state index in [9.17, 15) is 31.1 Å². The van der Waals surface area contributed by atoms with Gasteiger partial charge in [-0.25, -0.2) is 11.0 Å². The highest BCUT2D eigenvalue weighted by Crippen LogP contribution is 2.37. The molecule has 0 radical (unpaired) electrons. The summed E-state index contributed by atoms with van der Waals surface area (Å²) in [5.41, 5.74) is 5.62. The normalized spacial score (nSPS) is 12.7. The number of carboxylic acid groups (broad SMARTS) is 1. The van der Waals surface area contributed by atoms with Crippen molar-refractivity contribution < 1.29 is 36.2 Å². The van der Waals surface area contributed by atoms with E-state index in [0.29, 0.717) is 31.6 Å². The number of unbranched alkanes of at least 4 members (excludes halogenated alkanes) is 1. The SMILES string of the molecule is CCCc1ccc(CN(Cc2cc(C(F)(F)F)cc(C(F)(F)F)c2)/C(N)=N/N(C)N)c(N(CC)CC(C)(C)CCCCC(=O)O)c1. The molecule has 0 amide bonds. The lowest BCUT2D eigenvalue weighted by molar-refractivity contribution is -0.143. The Morgan fingerprint density at radius 1 is 0.913 bits per heavy atom. The predicted octanol–water partition coefficient (Wildman–Crippen LogP) is 7.21. The molecule has 8 nitrogen and oxygen atoms in total. The third kappa shape index (κ3) is 12.3. The zero-order valence-corrected chi connectivity index (χ0v) is 27.1. The molecule has 0 bridgehead atoms. The first kappa shape index (κ1) is 38.5. The number of alkyl halides is 6. The van der Waals surface area contributed by atoms with Gasteiger partial charge in [-0.05, 0) is 72.6 Å². The quantitative estimate of drug-likeness (QED) is 0.0436. The van der Waals surface area contributed by atoms with Crippen LogP contribution in [-0.2, 0) is 36.7 Å². The molecule has 2 aromatic carbocycles. The van der Waals surface area contributed by atoms with Crippen LogP contribution in [0.5, 0.6) is 0 Å². The van der Waals surface area contributed by atoms with Crippen molar-refractivity contribution in [3.8, 4) is 0 Å². The molecule has 0 saturated heterocycles. The number of aliphatic carboxylic acids is 1. The van der Waals surface area contributed by atoms with E-state index >= 15 is 0 Å². The minimum atomic E-state index is -5.00. The van der Waals surface area contributed by atoms with Gasteiger partial charge in [0.1, 0.15) is 0 Å². The molecule has 0 heterocycles. The highest BCUT2D eigenvalue weighted by Gasteiger charge is 2.37. The van der Waals surface area contributed by atoms with Gasteiger partial charge in [-0.2, -0.15) is 26.3 Å². The number of hydrogen-bond donors (Lipinski definition) is 3. The monoisotopic (exact) mass is 660 g/mol. The molecule has 0 spiro atoms. The number of nitrogens with zero attached hydrogens (tertiary/aromatic N) is 4. The third-order valence-corrected chi connectivity index (χ3v) is 7.49. The Bertz CT molecular complexity index is 1290. The Balaban J connectivity index is 2.57. The summed E-state index contributed by atoms with van der Waals surface area (Å²) in [5.74, 6) is 4.64. The van der Waals surface area contributed by atoms with Gasteiger partial charge < -0.3 is 20.6 Å². The van der Waals surface area contributed by atoms with Crippen molar-refractivity contribution >= 4 is 17.6 Å². The molecule has 0 fully saturated rings. The molecule has 0 unspecified atom stereocenters. The number of carbonyl (C=O) groups is 1. The van der Waals surface area contributed by atoms with Crippen molar-refractivity contribution in [2.24, 2.45) is 22.1 Å². The number of aryl methyl sites for hydroxylation is 1. The first-order valence-electron chi connectivity index (χ1n) is 15.2. The summed E-state index contributed by atoms with van der Waals surface area (Å²) in [6.45, 7) is 9.09. The molecule has 5 N–H and O–H groups in total. The number of carboxylic acids is 1. The lowest BCUT2D eigenvalue weighted by Gasteiger charge is -2.36. The molecule has 14 heteroatoms. The summed E-state index contributed by atoms with van der Waals surface area (Å²) >= 11 is 0. The second-order valence-electron chi connectivity index (χ2n) is 12.3. The van der Waals surface area contributed by atoms with Crippen LogP contribution in [0.2, 0.25) is 0 Å². The molecular weight excluding hydrogens is 614 g/mol. The van der Waals surface area contributed by atoms with Crippen LogP contribution in [-0.4, -0.2) is 47.2 Å². The summed E-state index contributed by atoms with van der Waals surface area (Å²) in [4.78, 5) is 14.5. The summed E-state index contributed by atoms with van der Waals surface area (Å²) in [5, 5.41) is 13.9. The Labute approximate surface area is 267 Å². The Morgan fingerprint density at radius 2 is 1.52 bits per heavy atom. The third-order valence-electron chi connectivity index (χ3n) is 7.49. The number of hydrazone groups is 1. The van der Waals surface area contributed by atoms with Gasteiger partial charge >= 0.3 is 18.3 Å². The van der Waals surface area contributed by atoms with E-state index in [4.69, 9.17) is 16.7 Å². The van der Waals surface area contributed by atoms with Crippen molar-refractivity contribution in [2.75, 3.05) is 25.0 Å². The van der Waals surface area contributed by atoms with Gasteiger partial charge in [-0.1, -0.05) is 45.7 Å². The Hall–Kier alpha value is -3.68. The molecular formula is C32H46F6N6O2. The van der Waals surface area contributed by atoms with Crippen LogP contribution in [0, 0.1) is 5.41 Å². The van der Waals surface area contributed by atoms with Gasteiger partial charge in [-0.15, -0.1) is 5.10 Å². The predicted molar refractivity (Wildman–Crippen MR) is 167 cm³/mol. The molecule has 46 heavy (non-hydrogen) atoms. The number of rotatable bonds is 16. The topological polar surface area (TPSA) is 111 Å². The lowest BCUT2D eigenvalue weighted by atomic mass is 9.86. The van der Waals surface area contributed by atoms with Crippen LogP contribution in [0.3, 0.4) is 0 Å². The van der Waals surface area contributed by atoms with E-state index in [1.807, 2.05) is 19.1 Å². The fraction of sp³-hybridized carbons (Fsp3) is 0.562. The van der Waals surface area contributed by atoms with Gasteiger partial charge in [0.2, 0.25) is 5.96 Å². The maximum absolute atomic E-state index is 13.6. The maximum Gasteiger partial charge on any atom is 0.416 e. The van der Waals surface area contributed by atoms with Gasteiger partial charge in [0.25, 0.3) is 0 Å². The number of anilines is 1. The highest BCUT2D eigenvalue weighted by molar-refractivity contribution is 5.78. The van der Waals surface area contributed by atoms with E-state index in [-0.39, 0.29) is 36.0 Å². The van der Waals surface area contributed by atoms with Crippen molar-refractivity contribution in [2.45, 2.75) is 91.7 Å². The average Bonchev–Trinajstić information content (AvgIpc) is 2.93. The van der Waals surface area contributed by atoms with Crippen LogP contribution in [0.25, 0.3) is 0 Å². The Kier molecular flexibility index (Phi) is 13.6. The zero-order chi connectivity index (χ0) is 34.9. The molecule has 0 aliphatic carbocycles. The molecule has 0 atom stereocenters. The lowest BCUT2D eigenvalue weighted by Crippen LogP contribution is -2.40. The second-order valence-corrected chi connectivity index (χ2v) is 12.3. The fourth-order valence-corrected chi connectivity index (χ4v) is 5.30. The minimum absolute atomic E-state index is 0.0120. The van der Waals surface area contributed by atoms with Gasteiger partial charge in [-0.3, -0.25) is 4.79 Å². The Morgan fingerprint density at radius 3 is 2.02 bits per heavy atom. The molecule has 2 aromatic rings. The van der Waals surface area contributed by atoms with E-state index in [1.54, 1.807) is 0 Å². The van der Waals surface area contributed by atoms with Crippen molar-refractivity contribution in [3.05, 3.63) is 64.2 Å². The zero-order valence-electron chi connectivity index (χ0n) is 27.1. The molecule has 0 aromatic heterocycles. The largest absolute Gasteiger partial charge is 0.481 e. The van der Waals surface area contributed by atoms with Crippen LogP contribution in [0.4, 0.5) is 32.0 Å². The second kappa shape index (κ2) is 16.2. The van der Waals surface area contributed by atoms with Crippen LogP contribution >= 0.6 is 0 Å². The van der Waals surface area contributed by atoms with E-state index in [2.05, 4.69) is 36.8 Å². The minimum Gasteiger partial charge on any atom is -0.481 e. The first-order chi connectivity index (χ1) is 21.3. The van der Waals surface area contributed by atoms with Crippen LogP contribution < -0.4 is 16.5 Å². The number of guanidine groups is 1. The van der Waals surface area contributed by atoms with Gasteiger partial charge in [0, 0.05) is 45.3 Å². The van der Waals surface area contributed by atoms with Crippen molar-refractivity contribution in [3.63, 3.8) is 0 Å². The number of halogens is 6. The van der Waals surface area contributed by atoms with E-state index in [0.717, 1.165) is 47.6 Å². The van der Waals surface area contributed by atoms with Crippen molar-refractivity contribution in [1.82, 2.24) is 10.0 Å². The van der Waals surface area contributed by atoms with Crippen LogP contribution in [0.15, 0.2) is 41.5 Å². The number of nitrogens with two attached hydrogens (primary N) is 2. The average molecular weight is 661 g/mol. The van der Waals surface area contributed by atoms with E-state index < -0.39 is 36.0 Å². The van der Waals surface area contributed by atoms with Crippen LogP contribution in [0.1, 0.15) is 87.6 Å². The maximum atomic E-state index is 13.6. The first-order valence-corrected chi connectivity index (χ1v) is 15.2. The summed E-state index contributed by atoms with van der Waals surface area (Å²) in [6.07, 6.45) is -6.10. The standard InChI is InChI=1S/C32H46F6N6O2/c1-6-10-22-12-13-24(27(17-22)43(7-2)21-30(3,4)14-9-8-11-28(45)46)20-44(29(39)41-42(5)40)19-23-15-25(31(33,34)35)18-26(16-23)32(36,37)38/h12-13,15-18H,6-11,14,19-21,40H2,1-5H3,(H2,39,41)(H,45,46). The number of hydrazine groups is 1. The number of hydrogen-bond acceptors (Lipinski definition) is 5. The highest BCUT2D eigenvalue weighted by atomic mass is 19.4. The smallest absolute Gasteiger partial charge is 0.416 e. The van der Waals surface area contributed by atoms with Gasteiger partial charge in [0.15, 0.2) is 0 Å². The fourth-order valence-electron chi connectivity index (χ4n) is 5.30. The summed E-state index contributed by atoms with van der Waals surface area (Å²) in [6, 6.07) is 7.33. The molecule has 0 saturated carbocycles. The molecule has 258 valence electrons. The molecule has 0 aliphatic heterocycles. The number of benzene rings is 2. The summed E-state index contributed by atoms with van der Waals surface area (Å²) < 4.78 is 81.7.